The van der Waals surface area contributed by atoms with E-state index in [4.69, 9.17) is 5.11 Å². The van der Waals surface area contributed by atoms with E-state index in [0.717, 1.165) is 5.56 Å². The molecule has 2 rings (SSSR count). The molecule has 2 amide bonds. The number of hydrogen-bond acceptors (Lipinski definition) is 3. The van der Waals surface area contributed by atoms with Gasteiger partial charge in [0.15, 0.2) is 0 Å². The van der Waals surface area contributed by atoms with Gasteiger partial charge in [-0.15, -0.1) is 0 Å². The molecule has 0 aliphatic rings. The van der Waals surface area contributed by atoms with Gasteiger partial charge in [0.2, 0.25) is 5.91 Å². The molecular weight excluding hydrogens is 332 g/mol. The molecule has 26 heavy (non-hydrogen) atoms. The molecule has 2 aromatic rings. The molecule has 1 atom stereocenters. The van der Waals surface area contributed by atoms with Crippen molar-refractivity contribution >= 4 is 23.5 Å². The highest BCUT2D eigenvalue weighted by atomic mass is 16.4. The second kappa shape index (κ2) is 8.80. The first kappa shape index (κ1) is 19.2. The molecule has 136 valence electrons. The SMILES string of the molecule is Cc1ccc(CC(C)C(=O)Nc2ccc(C(=O)NCC(=O)O)cc2)cc1. The number of nitrogens with one attached hydrogen (secondary N) is 2. The van der Waals surface area contributed by atoms with Crippen LogP contribution in [0.1, 0.15) is 28.4 Å². The van der Waals surface area contributed by atoms with Gasteiger partial charge in [0.1, 0.15) is 6.54 Å². The topological polar surface area (TPSA) is 95.5 Å². The molecule has 0 aromatic heterocycles. The van der Waals surface area contributed by atoms with Gasteiger partial charge in [0, 0.05) is 17.2 Å². The predicted octanol–water partition coefficient (Wildman–Crippen LogP) is 2.63. The van der Waals surface area contributed by atoms with Gasteiger partial charge in [-0.25, -0.2) is 0 Å². The summed E-state index contributed by atoms with van der Waals surface area (Å²) in [6.07, 6.45) is 0.641. The van der Waals surface area contributed by atoms with E-state index in [1.807, 2.05) is 38.1 Å². The number of carboxylic acid groups (broad SMARTS) is 1. The number of aryl methyl sites for hydroxylation is 1. The highest BCUT2D eigenvalue weighted by molar-refractivity contribution is 5.97. The Bertz CT molecular complexity index is 782. The van der Waals surface area contributed by atoms with Crippen molar-refractivity contribution in [1.82, 2.24) is 5.32 Å². The molecule has 1 unspecified atom stereocenters. The van der Waals surface area contributed by atoms with E-state index in [9.17, 15) is 14.4 Å². The largest absolute Gasteiger partial charge is 0.480 e. The number of carbonyl (C=O) groups is 3. The first-order chi connectivity index (χ1) is 12.3. The Morgan fingerprint density at radius 1 is 1.00 bits per heavy atom. The number of hydrogen-bond donors (Lipinski definition) is 3. The summed E-state index contributed by atoms with van der Waals surface area (Å²) in [5, 5.41) is 13.7. The number of carboxylic acids is 1. The highest BCUT2D eigenvalue weighted by Crippen LogP contribution is 2.14. The number of carbonyl (C=O) groups excluding carboxylic acids is 2. The summed E-state index contributed by atoms with van der Waals surface area (Å²) in [5.74, 6) is -1.88. The van der Waals surface area contributed by atoms with Crippen LogP contribution < -0.4 is 10.6 Å². The van der Waals surface area contributed by atoms with Crippen molar-refractivity contribution in [3.63, 3.8) is 0 Å². The lowest BCUT2D eigenvalue weighted by atomic mass is 9.99. The number of rotatable bonds is 7. The molecule has 3 N–H and O–H groups in total. The molecule has 2 aromatic carbocycles. The minimum absolute atomic E-state index is 0.103. The molecule has 0 saturated carbocycles. The van der Waals surface area contributed by atoms with Crippen LogP contribution in [0.4, 0.5) is 5.69 Å². The van der Waals surface area contributed by atoms with Crippen molar-refractivity contribution in [2.75, 3.05) is 11.9 Å². The molecule has 0 heterocycles. The van der Waals surface area contributed by atoms with E-state index >= 15 is 0 Å². The van der Waals surface area contributed by atoms with Crippen LogP contribution in [0.3, 0.4) is 0 Å². The molecule has 0 aliphatic carbocycles. The van der Waals surface area contributed by atoms with Crippen LogP contribution in [0.5, 0.6) is 0 Å². The maximum atomic E-state index is 12.3. The Morgan fingerprint density at radius 2 is 1.62 bits per heavy atom. The van der Waals surface area contributed by atoms with Crippen molar-refractivity contribution in [1.29, 1.82) is 0 Å². The molecule has 0 spiro atoms. The number of amides is 2. The fourth-order valence-corrected chi connectivity index (χ4v) is 2.40. The van der Waals surface area contributed by atoms with Gasteiger partial charge < -0.3 is 15.7 Å². The van der Waals surface area contributed by atoms with E-state index in [0.29, 0.717) is 17.7 Å². The van der Waals surface area contributed by atoms with Crippen LogP contribution >= 0.6 is 0 Å². The lowest BCUT2D eigenvalue weighted by molar-refractivity contribution is -0.135. The quantitative estimate of drug-likeness (QED) is 0.712. The fourth-order valence-electron chi connectivity index (χ4n) is 2.40. The van der Waals surface area contributed by atoms with Crippen molar-refractivity contribution < 1.29 is 19.5 Å². The van der Waals surface area contributed by atoms with Crippen molar-refractivity contribution in [3.8, 4) is 0 Å². The summed E-state index contributed by atoms with van der Waals surface area (Å²) >= 11 is 0. The molecule has 0 bridgehead atoms. The molecule has 0 aliphatic heterocycles. The zero-order valence-electron chi connectivity index (χ0n) is 14.8. The van der Waals surface area contributed by atoms with Gasteiger partial charge in [-0.1, -0.05) is 36.8 Å². The van der Waals surface area contributed by atoms with Crippen molar-refractivity contribution in [3.05, 3.63) is 65.2 Å². The Hall–Kier alpha value is -3.15. The Labute approximate surface area is 152 Å². The minimum atomic E-state index is -1.11. The number of anilines is 1. The average Bonchev–Trinajstić information content (AvgIpc) is 2.62. The second-order valence-electron chi connectivity index (χ2n) is 6.23. The zero-order chi connectivity index (χ0) is 19.1. The second-order valence-corrected chi connectivity index (χ2v) is 6.23. The van der Waals surface area contributed by atoms with Crippen LogP contribution in [0, 0.1) is 12.8 Å². The van der Waals surface area contributed by atoms with Gasteiger partial charge in [-0.2, -0.15) is 0 Å². The van der Waals surface area contributed by atoms with E-state index in [2.05, 4.69) is 10.6 Å². The standard InChI is InChI=1S/C20H22N2O4/c1-13-3-5-15(6-4-13)11-14(2)19(25)22-17-9-7-16(8-10-17)20(26)21-12-18(23)24/h3-10,14H,11-12H2,1-2H3,(H,21,26)(H,22,25)(H,23,24). The van der Waals surface area contributed by atoms with E-state index < -0.39 is 18.4 Å². The lowest BCUT2D eigenvalue weighted by Gasteiger charge is -2.13. The van der Waals surface area contributed by atoms with Gasteiger partial charge in [-0.05, 0) is 43.2 Å². The average molecular weight is 354 g/mol. The number of benzene rings is 2. The molecular formula is C20H22N2O4. The molecule has 6 heteroatoms. The summed E-state index contributed by atoms with van der Waals surface area (Å²) in [4.78, 5) is 34.5. The third-order valence-corrected chi connectivity index (χ3v) is 3.92. The lowest BCUT2D eigenvalue weighted by Crippen LogP contribution is -2.29. The Morgan fingerprint density at radius 3 is 2.19 bits per heavy atom. The summed E-state index contributed by atoms with van der Waals surface area (Å²) in [7, 11) is 0. The highest BCUT2D eigenvalue weighted by Gasteiger charge is 2.14. The third kappa shape index (κ3) is 5.73. The number of aliphatic carboxylic acids is 1. The van der Waals surface area contributed by atoms with Gasteiger partial charge >= 0.3 is 5.97 Å². The first-order valence-electron chi connectivity index (χ1n) is 8.31. The van der Waals surface area contributed by atoms with E-state index in [1.54, 1.807) is 12.1 Å². The molecule has 0 saturated heterocycles. The maximum Gasteiger partial charge on any atom is 0.322 e. The summed E-state index contributed by atoms with van der Waals surface area (Å²) in [5.41, 5.74) is 3.19. The summed E-state index contributed by atoms with van der Waals surface area (Å²) in [6, 6.07) is 14.4. The normalized spacial score (nSPS) is 11.5. The Kier molecular flexibility index (Phi) is 6.49. The summed E-state index contributed by atoms with van der Waals surface area (Å²) < 4.78 is 0. The molecule has 6 nitrogen and oxygen atoms in total. The van der Waals surface area contributed by atoms with Gasteiger partial charge in [0.05, 0.1) is 0 Å². The van der Waals surface area contributed by atoms with Crippen LogP contribution in [0.25, 0.3) is 0 Å². The molecule has 0 fully saturated rings. The minimum Gasteiger partial charge on any atom is -0.480 e. The van der Waals surface area contributed by atoms with Gasteiger partial charge in [-0.3, -0.25) is 14.4 Å². The zero-order valence-corrected chi connectivity index (χ0v) is 14.8. The monoisotopic (exact) mass is 354 g/mol. The maximum absolute atomic E-state index is 12.3. The van der Waals surface area contributed by atoms with Crippen LogP contribution in [-0.4, -0.2) is 29.4 Å². The van der Waals surface area contributed by atoms with Crippen LogP contribution in [0.15, 0.2) is 48.5 Å². The Balaban J connectivity index is 1.90. The van der Waals surface area contributed by atoms with Crippen molar-refractivity contribution in [2.24, 2.45) is 5.92 Å². The van der Waals surface area contributed by atoms with Crippen LogP contribution in [-0.2, 0) is 16.0 Å². The first-order valence-corrected chi connectivity index (χ1v) is 8.31. The summed E-state index contributed by atoms with van der Waals surface area (Å²) in [6.45, 7) is 3.45. The third-order valence-electron chi connectivity index (χ3n) is 3.92. The smallest absolute Gasteiger partial charge is 0.322 e. The fraction of sp³-hybridized carbons (Fsp3) is 0.250. The predicted molar refractivity (Wildman–Crippen MR) is 99.1 cm³/mol. The van der Waals surface area contributed by atoms with Gasteiger partial charge in [0.25, 0.3) is 5.91 Å². The molecule has 0 radical (unpaired) electrons. The van der Waals surface area contributed by atoms with E-state index in [-0.39, 0.29) is 11.8 Å². The van der Waals surface area contributed by atoms with E-state index in [1.165, 1.54) is 17.7 Å². The van der Waals surface area contributed by atoms with Crippen LogP contribution in [0.2, 0.25) is 0 Å². The van der Waals surface area contributed by atoms with Crippen molar-refractivity contribution in [2.45, 2.75) is 20.3 Å².